The molecule has 0 aliphatic rings. The van der Waals surface area contributed by atoms with Crippen LogP contribution in [0.1, 0.15) is 17.5 Å². The lowest BCUT2D eigenvalue weighted by atomic mass is 10.2. The SMILES string of the molecule is CCOC(=O)c1n[nH]c(-c2cc3ccccc3s2)n1. The number of ether oxygens (including phenoxy) is 1. The van der Waals surface area contributed by atoms with E-state index >= 15 is 0 Å². The lowest BCUT2D eigenvalue weighted by molar-refractivity contribution is 0.0512. The second-order valence-corrected chi connectivity index (χ2v) is 4.96. The fraction of sp³-hybridized carbons (Fsp3) is 0.154. The molecule has 0 saturated carbocycles. The van der Waals surface area contributed by atoms with E-state index < -0.39 is 5.97 Å². The van der Waals surface area contributed by atoms with Gasteiger partial charge in [0.2, 0.25) is 0 Å². The Morgan fingerprint density at radius 3 is 3.05 bits per heavy atom. The average molecular weight is 273 g/mol. The van der Waals surface area contributed by atoms with Crippen LogP contribution in [-0.2, 0) is 4.74 Å². The maximum Gasteiger partial charge on any atom is 0.378 e. The number of esters is 1. The van der Waals surface area contributed by atoms with Gasteiger partial charge in [-0.1, -0.05) is 18.2 Å². The number of rotatable bonds is 3. The van der Waals surface area contributed by atoms with Gasteiger partial charge in [0.1, 0.15) is 0 Å². The summed E-state index contributed by atoms with van der Waals surface area (Å²) in [4.78, 5) is 16.6. The van der Waals surface area contributed by atoms with Crippen molar-refractivity contribution in [2.75, 3.05) is 6.61 Å². The molecule has 2 heterocycles. The van der Waals surface area contributed by atoms with Crippen LogP contribution in [-0.4, -0.2) is 27.8 Å². The molecule has 5 nitrogen and oxygen atoms in total. The number of H-pyrrole nitrogens is 1. The summed E-state index contributed by atoms with van der Waals surface area (Å²) in [5.74, 6) is 0.143. The maximum atomic E-state index is 11.5. The summed E-state index contributed by atoms with van der Waals surface area (Å²) in [5.41, 5.74) is 0. The fourth-order valence-corrected chi connectivity index (χ4v) is 2.76. The summed E-state index contributed by atoms with van der Waals surface area (Å²) in [7, 11) is 0. The minimum atomic E-state index is -0.508. The van der Waals surface area contributed by atoms with Crippen molar-refractivity contribution in [3.05, 3.63) is 36.2 Å². The van der Waals surface area contributed by atoms with E-state index in [9.17, 15) is 4.79 Å². The van der Waals surface area contributed by atoms with Crippen LogP contribution in [0.5, 0.6) is 0 Å². The van der Waals surface area contributed by atoms with E-state index in [1.807, 2.05) is 30.3 Å². The summed E-state index contributed by atoms with van der Waals surface area (Å²) < 4.78 is 6.03. The van der Waals surface area contributed by atoms with Crippen molar-refractivity contribution >= 4 is 27.4 Å². The lowest BCUT2D eigenvalue weighted by Gasteiger charge is -1.94. The molecule has 0 aliphatic heterocycles. The van der Waals surface area contributed by atoms with Gasteiger partial charge in [-0.25, -0.2) is 9.78 Å². The molecular formula is C13H11N3O2S. The summed E-state index contributed by atoms with van der Waals surface area (Å²) in [6.07, 6.45) is 0. The zero-order chi connectivity index (χ0) is 13.2. The minimum absolute atomic E-state index is 0.0642. The third kappa shape index (κ3) is 2.22. The Balaban J connectivity index is 1.96. The van der Waals surface area contributed by atoms with E-state index in [4.69, 9.17) is 4.74 Å². The maximum absolute atomic E-state index is 11.5. The molecule has 0 saturated heterocycles. The van der Waals surface area contributed by atoms with Crippen molar-refractivity contribution in [1.29, 1.82) is 0 Å². The molecule has 0 unspecified atom stereocenters. The highest BCUT2D eigenvalue weighted by Gasteiger charge is 2.15. The molecule has 0 radical (unpaired) electrons. The molecule has 0 bridgehead atoms. The third-order valence-corrected chi connectivity index (χ3v) is 3.73. The Morgan fingerprint density at radius 1 is 1.42 bits per heavy atom. The van der Waals surface area contributed by atoms with E-state index in [2.05, 4.69) is 15.2 Å². The van der Waals surface area contributed by atoms with Crippen LogP contribution < -0.4 is 0 Å². The van der Waals surface area contributed by atoms with Crippen LogP contribution >= 0.6 is 11.3 Å². The fourth-order valence-electron chi connectivity index (χ4n) is 1.76. The molecule has 3 rings (SSSR count). The van der Waals surface area contributed by atoms with Gasteiger partial charge in [0, 0.05) is 4.70 Å². The number of carbonyl (C=O) groups is 1. The van der Waals surface area contributed by atoms with Gasteiger partial charge >= 0.3 is 5.97 Å². The normalized spacial score (nSPS) is 10.8. The van der Waals surface area contributed by atoms with Crippen molar-refractivity contribution < 1.29 is 9.53 Å². The van der Waals surface area contributed by atoms with Gasteiger partial charge < -0.3 is 4.74 Å². The predicted octanol–water partition coefficient (Wildman–Crippen LogP) is 2.86. The van der Waals surface area contributed by atoms with Gasteiger partial charge in [-0.15, -0.1) is 16.4 Å². The van der Waals surface area contributed by atoms with Crippen molar-refractivity contribution in [2.24, 2.45) is 0 Å². The van der Waals surface area contributed by atoms with Gasteiger partial charge in [0.25, 0.3) is 5.82 Å². The van der Waals surface area contributed by atoms with E-state index in [-0.39, 0.29) is 5.82 Å². The first-order valence-corrected chi connectivity index (χ1v) is 6.68. The van der Waals surface area contributed by atoms with Gasteiger partial charge in [0.05, 0.1) is 11.5 Å². The second kappa shape index (κ2) is 4.81. The molecule has 0 spiro atoms. The predicted molar refractivity (Wildman–Crippen MR) is 73.2 cm³/mol. The number of nitrogens with one attached hydrogen (secondary N) is 1. The molecule has 1 aromatic carbocycles. The molecule has 96 valence electrons. The van der Waals surface area contributed by atoms with E-state index in [0.717, 1.165) is 10.3 Å². The number of aromatic nitrogens is 3. The minimum Gasteiger partial charge on any atom is -0.460 e. The first kappa shape index (κ1) is 11.9. The van der Waals surface area contributed by atoms with Crippen molar-refractivity contribution in [3.63, 3.8) is 0 Å². The number of hydrogen-bond acceptors (Lipinski definition) is 5. The molecule has 19 heavy (non-hydrogen) atoms. The zero-order valence-corrected chi connectivity index (χ0v) is 11.0. The Bertz CT molecular complexity index is 699. The second-order valence-electron chi connectivity index (χ2n) is 3.88. The Kier molecular flexibility index (Phi) is 3.00. The van der Waals surface area contributed by atoms with Crippen LogP contribution in [0.2, 0.25) is 0 Å². The molecule has 2 aromatic heterocycles. The Hall–Kier alpha value is -2.21. The zero-order valence-electron chi connectivity index (χ0n) is 10.2. The summed E-state index contributed by atoms with van der Waals surface area (Å²) in [6, 6.07) is 10.1. The number of carbonyl (C=O) groups excluding carboxylic acids is 1. The molecule has 1 N–H and O–H groups in total. The number of thiophene rings is 1. The first-order chi connectivity index (χ1) is 9.28. The van der Waals surface area contributed by atoms with Crippen LogP contribution in [0.3, 0.4) is 0 Å². The molecule has 0 amide bonds. The average Bonchev–Trinajstić information content (AvgIpc) is 3.05. The van der Waals surface area contributed by atoms with Crippen LogP contribution in [0.4, 0.5) is 0 Å². The number of benzene rings is 1. The molecule has 0 atom stereocenters. The monoisotopic (exact) mass is 273 g/mol. The van der Waals surface area contributed by atoms with Gasteiger partial charge in [-0.2, -0.15) is 0 Å². The van der Waals surface area contributed by atoms with Gasteiger partial charge in [-0.05, 0) is 24.4 Å². The molecule has 0 fully saturated rings. The quantitative estimate of drug-likeness (QED) is 0.745. The standard InChI is InChI=1S/C13H11N3O2S/c1-2-18-13(17)12-14-11(15-16-12)10-7-8-5-3-4-6-9(8)19-10/h3-7H,2H2,1H3,(H,14,15,16). The van der Waals surface area contributed by atoms with Crippen LogP contribution in [0.25, 0.3) is 20.8 Å². The molecule has 3 aromatic rings. The highest BCUT2D eigenvalue weighted by atomic mass is 32.1. The third-order valence-electron chi connectivity index (χ3n) is 2.60. The molecular weight excluding hydrogens is 262 g/mol. The highest BCUT2D eigenvalue weighted by Crippen LogP contribution is 2.31. The lowest BCUT2D eigenvalue weighted by Crippen LogP contribution is -2.06. The van der Waals surface area contributed by atoms with Crippen LogP contribution in [0.15, 0.2) is 30.3 Å². The van der Waals surface area contributed by atoms with Crippen LogP contribution in [0, 0.1) is 0 Å². The molecule has 6 heteroatoms. The number of nitrogens with zero attached hydrogens (tertiary/aromatic N) is 2. The largest absolute Gasteiger partial charge is 0.460 e. The van der Waals surface area contributed by atoms with Crippen molar-refractivity contribution in [2.45, 2.75) is 6.92 Å². The van der Waals surface area contributed by atoms with Gasteiger partial charge in [-0.3, -0.25) is 5.10 Å². The Labute approximate surface area is 113 Å². The number of aromatic amines is 1. The van der Waals surface area contributed by atoms with E-state index in [0.29, 0.717) is 12.4 Å². The Morgan fingerprint density at radius 2 is 2.26 bits per heavy atom. The highest BCUT2D eigenvalue weighted by molar-refractivity contribution is 7.22. The molecule has 0 aliphatic carbocycles. The van der Waals surface area contributed by atoms with E-state index in [1.54, 1.807) is 18.3 Å². The van der Waals surface area contributed by atoms with Gasteiger partial charge in [0.15, 0.2) is 5.82 Å². The topological polar surface area (TPSA) is 67.9 Å². The van der Waals surface area contributed by atoms with Crippen molar-refractivity contribution in [1.82, 2.24) is 15.2 Å². The summed E-state index contributed by atoms with van der Waals surface area (Å²) in [5, 5.41) is 7.80. The number of fused-ring (bicyclic) bond motifs is 1. The van der Waals surface area contributed by atoms with E-state index in [1.165, 1.54) is 4.70 Å². The smallest absolute Gasteiger partial charge is 0.378 e. The first-order valence-electron chi connectivity index (χ1n) is 5.86. The van der Waals surface area contributed by atoms with Crippen molar-refractivity contribution in [3.8, 4) is 10.7 Å². The summed E-state index contributed by atoms with van der Waals surface area (Å²) in [6.45, 7) is 2.06. The summed E-state index contributed by atoms with van der Waals surface area (Å²) >= 11 is 1.60. The number of hydrogen-bond donors (Lipinski definition) is 1.